The van der Waals surface area contributed by atoms with Crippen LogP contribution >= 0.6 is 11.3 Å². The molecule has 1 unspecified atom stereocenters. The smallest absolute Gasteiger partial charge is 0.338 e. The summed E-state index contributed by atoms with van der Waals surface area (Å²) in [6.45, 7) is 2.91. The summed E-state index contributed by atoms with van der Waals surface area (Å²) in [6.07, 6.45) is 1.54. The zero-order valence-electron chi connectivity index (χ0n) is 22.8. The van der Waals surface area contributed by atoms with Gasteiger partial charge in [0.15, 0.2) is 16.3 Å². The van der Waals surface area contributed by atoms with E-state index >= 15 is 0 Å². The van der Waals surface area contributed by atoms with E-state index in [1.807, 2.05) is 0 Å². The van der Waals surface area contributed by atoms with Gasteiger partial charge >= 0.3 is 11.9 Å². The fourth-order valence-corrected chi connectivity index (χ4v) is 5.62. The monoisotopic (exact) mass is 589 g/mol. The molecule has 42 heavy (non-hydrogen) atoms. The van der Waals surface area contributed by atoms with E-state index in [4.69, 9.17) is 18.6 Å². The fraction of sp³-hybridized carbons (Fsp3) is 0.172. The average Bonchev–Trinajstić information content (AvgIpc) is 3.56. The van der Waals surface area contributed by atoms with Gasteiger partial charge in [0.05, 0.1) is 41.0 Å². The number of nitro groups is 1. The molecule has 4 aromatic rings. The number of ether oxygens (including phenoxy) is 3. The molecule has 0 aliphatic carbocycles. The standard InChI is InChI=1S/C29H23N3O9S/c1-15-25(28(35)39-4)26(18-8-10-22(40-16(2)33)23(13-18)38-3)31-27(34)24(42-29(31)30-15)14-20-9-11-21(41-20)17-6-5-7-19(12-17)32(36)37/h5-14,26H,1-4H3/b24-14-. The molecule has 0 spiro atoms. The Hall–Kier alpha value is -5.30. The Morgan fingerprint density at radius 2 is 1.90 bits per heavy atom. The van der Waals surface area contributed by atoms with E-state index in [-0.39, 0.29) is 27.3 Å². The zero-order chi connectivity index (χ0) is 30.1. The van der Waals surface area contributed by atoms with Gasteiger partial charge in [-0.3, -0.25) is 24.3 Å². The number of fused-ring (bicyclic) bond motifs is 1. The lowest BCUT2D eigenvalue weighted by Crippen LogP contribution is -2.39. The fourth-order valence-electron chi connectivity index (χ4n) is 4.59. The number of furan rings is 1. The molecule has 13 heteroatoms. The summed E-state index contributed by atoms with van der Waals surface area (Å²) in [5.41, 5.74) is 1.02. The minimum absolute atomic E-state index is 0.0759. The molecule has 3 heterocycles. The van der Waals surface area contributed by atoms with E-state index in [1.54, 1.807) is 49.4 Å². The largest absolute Gasteiger partial charge is 0.493 e. The maximum absolute atomic E-state index is 13.8. The third kappa shape index (κ3) is 5.24. The highest BCUT2D eigenvalue weighted by Crippen LogP contribution is 2.36. The van der Waals surface area contributed by atoms with Gasteiger partial charge in [-0.25, -0.2) is 9.79 Å². The van der Waals surface area contributed by atoms with Crippen LogP contribution in [0.3, 0.4) is 0 Å². The van der Waals surface area contributed by atoms with Gasteiger partial charge < -0.3 is 18.6 Å². The lowest BCUT2D eigenvalue weighted by molar-refractivity contribution is -0.384. The van der Waals surface area contributed by atoms with Crippen molar-refractivity contribution in [3.8, 4) is 22.8 Å². The summed E-state index contributed by atoms with van der Waals surface area (Å²) in [4.78, 5) is 53.8. The van der Waals surface area contributed by atoms with Crippen molar-refractivity contribution in [2.75, 3.05) is 14.2 Å². The minimum Gasteiger partial charge on any atom is -0.493 e. The predicted octanol–water partition coefficient (Wildman–Crippen LogP) is 3.51. The average molecular weight is 590 g/mol. The van der Waals surface area contributed by atoms with Crippen LogP contribution in [0.2, 0.25) is 0 Å². The molecule has 2 aromatic carbocycles. The number of benzene rings is 2. The lowest BCUT2D eigenvalue weighted by atomic mass is 9.95. The first kappa shape index (κ1) is 28.2. The number of esters is 2. The zero-order valence-corrected chi connectivity index (χ0v) is 23.6. The Balaban J connectivity index is 1.63. The van der Waals surface area contributed by atoms with E-state index < -0.39 is 28.5 Å². The number of non-ortho nitro benzene ring substituents is 1. The summed E-state index contributed by atoms with van der Waals surface area (Å²) in [7, 11) is 2.65. The van der Waals surface area contributed by atoms with Gasteiger partial charge in [0.1, 0.15) is 11.5 Å². The molecule has 0 fully saturated rings. The topological polar surface area (TPSA) is 152 Å². The molecule has 5 rings (SSSR count). The van der Waals surface area contributed by atoms with Crippen molar-refractivity contribution in [2.24, 2.45) is 4.99 Å². The number of methoxy groups -OCH3 is 2. The molecular weight excluding hydrogens is 566 g/mol. The number of hydrogen-bond donors (Lipinski definition) is 0. The summed E-state index contributed by atoms with van der Waals surface area (Å²) in [6, 6.07) is 13.1. The molecule has 12 nitrogen and oxygen atoms in total. The third-order valence-electron chi connectivity index (χ3n) is 6.43. The van der Waals surface area contributed by atoms with E-state index in [9.17, 15) is 24.5 Å². The Kier molecular flexibility index (Phi) is 7.59. The number of carbonyl (C=O) groups excluding carboxylic acids is 2. The number of allylic oxidation sites excluding steroid dienone is 1. The third-order valence-corrected chi connectivity index (χ3v) is 7.41. The molecule has 0 N–H and O–H groups in total. The van der Waals surface area contributed by atoms with Gasteiger partial charge in [0.2, 0.25) is 0 Å². The number of carbonyl (C=O) groups is 2. The number of aromatic nitrogens is 1. The second-order valence-electron chi connectivity index (χ2n) is 9.09. The maximum atomic E-state index is 13.8. The predicted molar refractivity (Wildman–Crippen MR) is 151 cm³/mol. The highest BCUT2D eigenvalue weighted by molar-refractivity contribution is 7.07. The van der Waals surface area contributed by atoms with Gasteiger partial charge in [-0.05, 0) is 36.8 Å². The molecular formula is C29H23N3O9S. The maximum Gasteiger partial charge on any atom is 0.338 e. The number of rotatable bonds is 7. The normalized spacial score (nSPS) is 14.7. The summed E-state index contributed by atoms with van der Waals surface area (Å²) in [5.74, 6) is -0.0568. The molecule has 0 saturated heterocycles. The second kappa shape index (κ2) is 11.3. The van der Waals surface area contributed by atoms with Crippen LogP contribution in [0.25, 0.3) is 17.4 Å². The van der Waals surface area contributed by atoms with Crippen molar-refractivity contribution < 1.29 is 33.1 Å². The first-order valence-electron chi connectivity index (χ1n) is 12.4. The van der Waals surface area contributed by atoms with Crippen molar-refractivity contribution in [1.29, 1.82) is 0 Å². The van der Waals surface area contributed by atoms with E-state index in [0.717, 1.165) is 11.3 Å². The Morgan fingerprint density at radius 1 is 1.12 bits per heavy atom. The highest BCUT2D eigenvalue weighted by Gasteiger charge is 2.33. The van der Waals surface area contributed by atoms with E-state index in [2.05, 4.69) is 4.99 Å². The van der Waals surface area contributed by atoms with Crippen molar-refractivity contribution in [2.45, 2.75) is 19.9 Å². The van der Waals surface area contributed by atoms with Crippen LogP contribution in [-0.2, 0) is 14.3 Å². The summed E-state index contributed by atoms with van der Waals surface area (Å²) < 4.78 is 23.2. The Bertz CT molecular complexity index is 1970. The van der Waals surface area contributed by atoms with Crippen LogP contribution in [0.15, 0.2) is 80.1 Å². The van der Waals surface area contributed by atoms with Crippen molar-refractivity contribution in [3.05, 3.63) is 107 Å². The lowest BCUT2D eigenvalue weighted by Gasteiger charge is -2.25. The van der Waals surface area contributed by atoms with Crippen LogP contribution < -0.4 is 24.4 Å². The second-order valence-corrected chi connectivity index (χ2v) is 10.1. The van der Waals surface area contributed by atoms with Crippen LogP contribution in [0.5, 0.6) is 11.5 Å². The van der Waals surface area contributed by atoms with Gasteiger partial charge in [0.25, 0.3) is 11.2 Å². The molecule has 2 aromatic heterocycles. The SMILES string of the molecule is COC(=O)C1=C(C)N=c2s/c(=C\c3ccc(-c4cccc([N+](=O)[O-])c4)o3)c(=O)n2C1c1ccc(OC(C)=O)c(OC)c1. The van der Waals surface area contributed by atoms with Gasteiger partial charge in [-0.2, -0.15) is 0 Å². The van der Waals surface area contributed by atoms with Crippen molar-refractivity contribution >= 4 is 35.0 Å². The number of hydrogen-bond acceptors (Lipinski definition) is 11. The van der Waals surface area contributed by atoms with Crippen LogP contribution in [-0.4, -0.2) is 35.6 Å². The molecule has 0 saturated carbocycles. The minimum atomic E-state index is -0.923. The highest BCUT2D eigenvalue weighted by atomic mass is 32.1. The molecule has 0 bridgehead atoms. The Labute approximate surface area is 241 Å². The molecule has 1 atom stereocenters. The molecule has 1 aliphatic rings. The molecule has 214 valence electrons. The first-order valence-corrected chi connectivity index (χ1v) is 13.2. The van der Waals surface area contributed by atoms with Crippen molar-refractivity contribution in [1.82, 2.24) is 4.57 Å². The quantitative estimate of drug-likeness (QED) is 0.136. The Morgan fingerprint density at radius 3 is 2.60 bits per heavy atom. The van der Waals surface area contributed by atoms with E-state index in [1.165, 1.54) is 43.9 Å². The van der Waals surface area contributed by atoms with Gasteiger partial charge in [-0.15, -0.1) is 0 Å². The van der Waals surface area contributed by atoms with Gasteiger partial charge in [0, 0.05) is 30.7 Å². The first-order chi connectivity index (χ1) is 20.1. The number of nitrogens with zero attached hydrogens (tertiary/aromatic N) is 3. The number of nitro benzene ring substituents is 1. The molecule has 0 radical (unpaired) electrons. The van der Waals surface area contributed by atoms with Crippen LogP contribution in [0, 0.1) is 10.1 Å². The summed E-state index contributed by atoms with van der Waals surface area (Å²) in [5, 5.41) is 11.2. The van der Waals surface area contributed by atoms with E-state index in [0.29, 0.717) is 33.1 Å². The van der Waals surface area contributed by atoms with Crippen LogP contribution in [0.1, 0.15) is 31.2 Å². The van der Waals surface area contributed by atoms with Crippen LogP contribution in [0.4, 0.5) is 5.69 Å². The number of thiazole rings is 1. The van der Waals surface area contributed by atoms with Gasteiger partial charge in [-0.1, -0.05) is 29.5 Å². The van der Waals surface area contributed by atoms with Crippen molar-refractivity contribution in [3.63, 3.8) is 0 Å². The summed E-state index contributed by atoms with van der Waals surface area (Å²) >= 11 is 1.11. The molecule has 0 amide bonds. The molecule has 1 aliphatic heterocycles.